The lowest BCUT2D eigenvalue weighted by Gasteiger charge is -2.20. The number of para-hydroxylation sites is 1. The number of benzene rings is 1. The number of aliphatic imine (C=N–C) groups is 1. The topological polar surface area (TPSA) is 70.4 Å². The molecule has 0 bridgehead atoms. The third-order valence-electron chi connectivity index (χ3n) is 6.28. The molecule has 178 valence electrons. The number of aryl methyl sites for hydroxylation is 1. The van der Waals surface area contributed by atoms with Crippen LogP contribution in [0, 0.1) is 12.8 Å². The van der Waals surface area contributed by atoms with Crippen LogP contribution in [-0.4, -0.2) is 47.4 Å². The lowest BCUT2D eigenvalue weighted by molar-refractivity contribution is 0.481. The van der Waals surface area contributed by atoms with Crippen LogP contribution in [0.15, 0.2) is 35.3 Å². The molecule has 7 nitrogen and oxygen atoms in total. The van der Waals surface area contributed by atoms with Crippen molar-refractivity contribution < 1.29 is 0 Å². The van der Waals surface area contributed by atoms with E-state index in [1.54, 1.807) is 0 Å². The molecular formula is C24H40IN7. The maximum atomic E-state index is 4.77. The summed E-state index contributed by atoms with van der Waals surface area (Å²) in [6.45, 7) is 5.32. The summed E-state index contributed by atoms with van der Waals surface area (Å²) in [6.07, 6.45) is 9.23. The van der Waals surface area contributed by atoms with Crippen LogP contribution in [-0.2, 0) is 13.6 Å². The van der Waals surface area contributed by atoms with Crippen LogP contribution in [0.5, 0.6) is 0 Å². The maximum Gasteiger partial charge on any atom is 0.191 e. The van der Waals surface area contributed by atoms with Crippen molar-refractivity contribution in [3.8, 4) is 0 Å². The van der Waals surface area contributed by atoms with Crippen molar-refractivity contribution in [1.82, 2.24) is 25.4 Å². The van der Waals surface area contributed by atoms with E-state index in [-0.39, 0.29) is 24.0 Å². The minimum atomic E-state index is 0. The Labute approximate surface area is 210 Å². The van der Waals surface area contributed by atoms with E-state index in [1.807, 2.05) is 18.5 Å². The molecule has 1 aliphatic rings. The number of hydrogen-bond donors (Lipinski definition) is 2. The van der Waals surface area contributed by atoms with Gasteiger partial charge in [0.25, 0.3) is 0 Å². The average molecular weight is 554 g/mol. The third kappa shape index (κ3) is 8.60. The molecule has 32 heavy (non-hydrogen) atoms. The van der Waals surface area contributed by atoms with E-state index in [4.69, 9.17) is 4.99 Å². The van der Waals surface area contributed by atoms with E-state index >= 15 is 0 Å². The number of hydrogen-bond acceptors (Lipinski definition) is 4. The van der Waals surface area contributed by atoms with Crippen LogP contribution in [0.4, 0.5) is 5.69 Å². The lowest BCUT2D eigenvalue weighted by atomic mass is 10.0. The molecule has 1 saturated carbocycles. The Morgan fingerprint density at radius 2 is 1.78 bits per heavy atom. The number of guanidine groups is 1. The SMILES string of the molecule is Cc1nnc(CN=C(NCCCC2CCCC2)NCCCN(C)c2ccccc2)n1C.I. The molecule has 0 atom stereocenters. The second-order valence-electron chi connectivity index (χ2n) is 8.64. The molecule has 0 aliphatic heterocycles. The van der Waals surface area contributed by atoms with Gasteiger partial charge in [0.2, 0.25) is 0 Å². The van der Waals surface area contributed by atoms with Crippen LogP contribution in [0.25, 0.3) is 0 Å². The zero-order valence-corrected chi connectivity index (χ0v) is 22.2. The summed E-state index contributed by atoms with van der Waals surface area (Å²) in [4.78, 5) is 7.06. The number of nitrogens with one attached hydrogen (secondary N) is 2. The van der Waals surface area contributed by atoms with E-state index in [9.17, 15) is 0 Å². The first-order valence-electron chi connectivity index (χ1n) is 11.8. The predicted molar refractivity (Wildman–Crippen MR) is 144 cm³/mol. The van der Waals surface area contributed by atoms with Crippen LogP contribution in [0.2, 0.25) is 0 Å². The molecule has 1 aliphatic carbocycles. The number of anilines is 1. The fourth-order valence-corrected chi connectivity index (χ4v) is 4.14. The smallest absolute Gasteiger partial charge is 0.191 e. The number of nitrogens with zero attached hydrogens (tertiary/aromatic N) is 5. The molecule has 0 spiro atoms. The second kappa shape index (κ2) is 14.3. The molecule has 2 N–H and O–H groups in total. The van der Waals surface area contributed by atoms with Gasteiger partial charge in [0.15, 0.2) is 11.8 Å². The fraction of sp³-hybridized carbons (Fsp3) is 0.625. The van der Waals surface area contributed by atoms with Gasteiger partial charge in [-0.05, 0) is 44.2 Å². The van der Waals surface area contributed by atoms with E-state index < -0.39 is 0 Å². The van der Waals surface area contributed by atoms with Crippen LogP contribution in [0.1, 0.15) is 56.6 Å². The monoisotopic (exact) mass is 553 g/mol. The summed E-state index contributed by atoms with van der Waals surface area (Å²) < 4.78 is 2.00. The van der Waals surface area contributed by atoms with Crippen molar-refractivity contribution in [2.24, 2.45) is 18.0 Å². The van der Waals surface area contributed by atoms with Gasteiger partial charge in [0, 0.05) is 39.4 Å². The minimum Gasteiger partial charge on any atom is -0.375 e. The molecule has 1 aromatic carbocycles. The zero-order chi connectivity index (χ0) is 21.9. The first-order chi connectivity index (χ1) is 15.1. The van der Waals surface area contributed by atoms with E-state index in [2.05, 4.69) is 63.1 Å². The second-order valence-corrected chi connectivity index (χ2v) is 8.64. The molecule has 0 amide bonds. The third-order valence-corrected chi connectivity index (χ3v) is 6.28. The largest absolute Gasteiger partial charge is 0.375 e. The van der Waals surface area contributed by atoms with Gasteiger partial charge in [-0.2, -0.15) is 0 Å². The van der Waals surface area contributed by atoms with E-state index in [0.29, 0.717) is 6.54 Å². The Bertz CT molecular complexity index is 800. The van der Waals surface area contributed by atoms with Gasteiger partial charge in [-0.1, -0.05) is 43.9 Å². The zero-order valence-electron chi connectivity index (χ0n) is 19.9. The number of rotatable bonds is 11. The Morgan fingerprint density at radius 3 is 2.44 bits per heavy atom. The highest BCUT2D eigenvalue weighted by Gasteiger charge is 2.14. The van der Waals surface area contributed by atoms with Crippen molar-refractivity contribution in [2.75, 3.05) is 31.6 Å². The summed E-state index contributed by atoms with van der Waals surface area (Å²) in [7, 11) is 4.13. The minimum absolute atomic E-state index is 0. The molecule has 1 aromatic heterocycles. The fourth-order valence-electron chi connectivity index (χ4n) is 4.14. The normalized spacial score (nSPS) is 14.3. The first-order valence-corrected chi connectivity index (χ1v) is 11.8. The first kappa shape index (κ1) is 26.4. The molecule has 0 saturated heterocycles. The van der Waals surface area contributed by atoms with Gasteiger partial charge < -0.3 is 20.1 Å². The summed E-state index contributed by atoms with van der Waals surface area (Å²) in [5, 5.41) is 15.4. The van der Waals surface area contributed by atoms with Crippen molar-refractivity contribution in [1.29, 1.82) is 0 Å². The number of halogens is 1. The van der Waals surface area contributed by atoms with Crippen LogP contribution >= 0.6 is 24.0 Å². The molecule has 0 unspecified atom stereocenters. The van der Waals surface area contributed by atoms with E-state index in [1.165, 1.54) is 44.2 Å². The molecule has 0 radical (unpaired) electrons. The Morgan fingerprint density at radius 1 is 1.09 bits per heavy atom. The standard InChI is InChI=1S/C24H39N7.HI/c1-20-28-29-23(31(20)3)19-27-24(25-16-9-13-21-11-7-8-12-21)26-17-10-18-30(2)22-14-5-4-6-15-22;/h4-6,14-15,21H,7-13,16-19H2,1-3H3,(H2,25,26,27);1H. The highest BCUT2D eigenvalue weighted by atomic mass is 127. The predicted octanol–water partition coefficient (Wildman–Crippen LogP) is 4.27. The molecule has 8 heteroatoms. The molecule has 1 fully saturated rings. The Balaban J connectivity index is 0.00000363. The average Bonchev–Trinajstić information content (AvgIpc) is 3.42. The van der Waals surface area contributed by atoms with Gasteiger partial charge in [-0.25, -0.2) is 4.99 Å². The highest BCUT2D eigenvalue weighted by Crippen LogP contribution is 2.28. The molecular weight excluding hydrogens is 513 g/mol. The van der Waals surface area contributed by atoms with Crippen LogP contribution < -0.4 is 15.5 Å². The lowest BCUT2D eigenvalue weighted by Crippen LogP contribution is -2.39. The van der Waals surface area contributed by atoms with Crippen molar-refractivity contribution in [2.45, 2.75) is 58.4 Å². The number of aromatic nitrogens is 3. The van der Waals surface area contributed by atoms with Crippen molar-refractivity contribution >= 4 is 35.6 Å². The summed E-state index contributed by atoms with van der Waals surface area (Å²) in [5.74, 6) is 3.60. The quantitative estimate of drug-likeness (QED) is 0.188. The summed E-state index contributed by atoms with van der Waals surface area (Å²) in [5.41, 5.74) is 1.25. The van der Waals surface area contributed by atoms with Gasteiger partial charge in [-0.3, -0.25) is 0 Å². The molecule has 1 heterocycles. The van der Waals surface area contributed by atoms with Gasteiger partial charge in [0.1, 0.15) is 12.4 Å². The van der Waals surface area contributed by atoms with Crippen molar-refractivity contribution in [3.63, 3.8) is 0 Å². The van der Waals surface area contributed by atoms with Crippen molar-refractivity contribution in [3.05, 3.63) is 42.0 Å². The summed E-state index contributed by atoms with van der Waals surface area (Å²) >= 11 is 0. The Kier molecular flexibility index (Phi) is 11.8. The van der Waals surface area contributed by atoms with Gasteiger partial charge >= 0.3 is 0 Å². The summed E-state index contributed by atoms with van der Waals surface area (Å²) in [6, 6.07) is 10.5. The van der Waals surface area contributed by atoms with E-state index in [0.717, 1.165) is 49.6 Å². The van der Waals surface area contributed by atoms with Crippen LogP contribution in [0.3, 0.4) is 0 Å². The highest BCUT2D eigenvalue weighted by molar-refractivity contribution is 14.0. The molecule has 3 rings (SSSR count). The van der Waals surface area contributed by atoms with Gasteiger partial charge in [0.05, 0.1) is 0 Å². The maximum absolute atomic E-state index is 4.77. The molecule has 2 aromatic rings. The van der Waals surface area contributed by atoms with Gasteiger partial charge in [-0.15, -0.1) is 34.2 Å². The Hall–Kier alpha value is -1.84.